The summed E-state index contributed by atoms with van der Waals surface area (Å²) < 4.78 is 61.6. The van der Waals surface area contributed by atoms with Crippen LogP contribution in [-0.4, -0.2) is 39.6 Å². The second-order valence-corrected chi connectivity index (χ2v) is 14.8. The summed E-state index contributed by atoms with van der Waals surface area (Å²) in [4.78, 5) is 33.4. The van der Waals surface area contributed by atoms with Crippen LogP contribution in [0.3, 0.4) is 0 Å². The topological polar surface area (TPSA) is 176 Å². The molecule has 0 rings (SSSR count). The van der Waals surface area contributed by atoms with Crippen molar-refractivity contribution in [1.82, 2.24) is 0 Å². The zero-order valence-electron chi connectivity index (χ0n) is 29.7. The summed E-state index contributed by atoms with van der Waals surface area (Å²) in [5.74, 6) is 0. The molecule has 0 fully saturated rings. The Kier molecular flexibility index (Phi) is 46.7. The minimum atomic E-state index is -4.02. The summed E-state index contributed by atoms with van der Waals surface area (Å²) >= 11 is 0. The van der Waals surface area contributed by atoms with Crippen molar-refractivity contribution in [1.29, 1.82) is 0 Å². The number of phosphoric ester groups is 3. The predicted molar refractivity (Wildman–Crippen MR) is 176 cm³/mol. The Morgan fingerprint density at radius 2 is 0.457 bits per heavy atom. The Morgan fingerprint density at radius 1 is 0.326 bits per heavy atom. The van der Waals surface area contributed by atoms with Crippen molar-refractivity contribution in [2.24, 2.45) is 0 Å². The van der Waals surface area contributed by atoms with Gasteiger partial charge in [-0.3, -0.25) is 13.7 Å². The van der Waals surface area contributed by atoms with Gasteiger partial charge >= 0.3 is 40.8 Å². The van der Waals surface area contributed by atoms with E-state index in [2.05, 4.69) is 68.7 Å². The number of hydrogen-bond donors (Lipinski definition) is 0. The summed E-state index contributed by atoms with van der Waals surface area (Å²) in [5.41, 5.74) is 0. The van der Waals surface area contributed by atoms with Crippen molar-refractivity contribution < 1.29 is 96.4 Å². The summed E-state index contributed by atoms with van der Waals surface area (Å²) in [5, 5.41) is 0. The van der Waals surface area contributed by atoms with Crippen molar-refractivity contribution in [3.63, 3.8) is 0 Å². The molecule has 0 amide bonds. The van der Waals surface area contributed by atoms with E-state index < -0.39 is 23.5 Å². The van der Waals surface area contributed by atoms with E-state index in [0.29, 0.717) is 0 Å². The molecule has 1 radical (unpaired) electrons. The smallest absolute Gasteiger partial charge is 0.756 e. The average Bonchev–Trinajstić information content (AvgIpc) is 2.99. The van der Waals surface area contributed by atoms with Crippen LogP contribution in [0.15, 0.2) is 0 Å². The molecule has 0 bridgehead atoms. The van der Waals surface area contributed by atoms with E-state index >= 15 is 0 Å². The van der Waals surface area contributed by atoms with Gasteiger partial charge in [-0.1, -0.05) is 119 Å². The molecule has 0 aromatic rings. The predicted octanol–water partition coefficient (Wildman–Crippen LogP) is 8.61. The molecule has 0 aromatic heterocycles. The van der Waals surface area contributed by atoms with Gasteiger partial charge in [0, 0.05) is 0 Å². The van der Waals surface area contributed by atoms with Gasteiger partial charge in [-0.15, -0.1) is 0 Å². The molecule has 0 saturated heterocycles. The van der Waals surface area contributed by atoms with Crippen molar-refractivity contribution in [3.05, 3.63) is 0 Å². The Labute approximate surface area is 314 Å². The van der Waals surface area contributed by atoms with Gasteiger partial charge in [-0.05, 0) is 38.5 Å². The van der Waals surface area contributed by atoms with Crippen LogP contribution in [0.1, 0.15) is 157 Å². The van der Waals surface area contributed by atoms with Crippen LogP contribution in [-0.2, 0) is 40.8 Å². The fraction of sp³-hybridized carbons (Fsp3) is 1.00. The van der Waals surface area contributed by atoms with E-state index in [4.69, 9.17) is 0 Å². The molecule has 0 N–H and O–H groups in total. The fourth-order valence-electron chi connectivity index (χ4n) is 3.28. The van der Waals surface area contributed by atoms with Gasteiger partial charge in [0.15, 0.2) is 0 Å². The molecule has 0 aromatic carbocycles. The molecule has 0 aliphatic heterocycles. The van der Waals surface area contributed by atoms with Crippen LogP contribution >= 0.6 is 23.5 Å². The monoisotopic (exact) mass is 853 g/mol. The molecular weight excluding hydrogens is 789 g/mol. The van der Waals surface area contributed by atoms with Crippen molar-refractivity contribution in [3.8, 4) is 0 Å². The summed E-state index contributed by atoms with van der Waals surface area (Å²) in [7, 11) is -12.1. The van der Waals surface area contributed by atoms with Gasteiger partial charge < -0.3 is 41.8 Å². The molecule has 0 heterocycles. The zero-order chi connectivity index (χ0) is 34.7. The normalized spacial score (nSPS) is 11.7. The molecule has 0 saturated carbocycles. The Balaban J connectivity index is -0.000000285. The van der Waals surface area contributed by atoms with Gasteiger partial charge in [0.05, 0.1) is 39.6 Å². The molecule has 16 heteroatoms. The van der Waals surface area contributed by atoms with E-state index in [1.165, 1.54) is 0 Å². The number of unbranched alkanes of at least 4 members (excludes halogenated alkanes) is 12. The van der Waals surface area contributed by atoms with Crippen LogP contribution in [0.25, 0.3) is 0 Å². The first-order chi connectivity index (χ1) is 21.4. The minimum absolute atomic E-state index is 0. The molecule has 0 unspecified atom stereocenters. The van der Waals surface area contributed by atoms with E-state index in [1.54, 1.807) is 0 Å². The van der Waals surface area contributed by atoms with E-state index in [0.717, 1.165) is 116 Å². The summed E-state index contributed by atoms with van der Waals surface area (Å²) in [6.07, 6.45) is 16.8. The largest absolute Gasteiger partial charge is 3.00 e. The molecular formula is C30H66NdO12P3. The maximum Gasteiger partial charge on any atom is 3.00 e. The van der Waals surface area contributed by atoms with Gasteiger partial charge in [0.1, 0.15) is 0 Å². The van der Waals surface area contributed by atoms with Crippen LogP contribution in [0.5, 0.6) is 0 Å². The van der Waals surface area contributed by atoms with Crippen LogP contribution in [0, 0.1) is 40.8 Å². The molecule has 0 spiro atoms. The van der Waals surface area contributed by atoms with Crippen LogP contribution < -0.4 is 14.7 Å². The molecule has 0 aliphatic carbocycles. The second-order valence-electron chi connectivity index (χ2n) is 10.6. The zero-order valence-corrected chi connectivity index (χ0v) is 35.6. The van der Waals surface area contributed by atoms with Crippen LogP contribution in [0.4, 0.5) is 0 Å². The molecule has 277 valence electrons. The quantitative estimate of drug-likeness (QED) is 0.0498. The fourth-order valence-corrected chi connectivity index (χ4v) is 5.62. The molecule has 12 nitrogen and oxygen atoms in total. The Morgan fingerprint density at radius 3 is 0.565 bits per heavy atom. The van der Waals surface area contributed by atoms with Gasteiger partial charge in [0.25, 0.3) is 23.5 Å². The van der Waals surface area contributed by atoms with Gasteiger partial charge in [-0.2, -0.15) is 0 Å². The number of rotatable bonds is 30. The summed E-state index contributed by atoms with van der Waals surface area (Å²) in [6, 6.07) is 0. The number of hydrogen-bond acceptors (Lipinski definition) is 12. The Bertz CT molecular complexity index is 607. The molecule has 46 heavy (non-hydrogen) atoms. The third kappa shape index (κ3) is 47.8. The first kappa shape index (κ1) is 54.5. The van der Waals surface area contributed by atoms with E-state index in [1.807, 2.05) is 0 Å². The SMILES string of the molecule is CCCCCOP(=O)([O-])OCCCCC.CCCCCOP(=O)([O-])OCCCCC.CCCCCOP(=O)([O-])OCCCCC.[Nd+3]. The molecule has 0 aliphatic rings. The van der Waals surface area contributed by atoms with Crippen molar-refractivity contribution >= 4 is 23.5 Å². The van der Waals surface area contributed by atoms with E-state index in [9.17, 15) is 28.4 Å². The third-order valence-corrected chi connectivity index (χ3v) is 8.98. The molecule has 0 atom stereocenters. The maximum absolute atomic E-state index is 11.1. The average molecular weight is 856 g/mol. The Hall–Kier alpha value is 1.68. The first-order valence-electron chi connectivity index (χ1n) is 17.2. The minimum Gasteiger partial charge on any atom is -0.756 e. The standard InChI is InChI=1S/3C10H23O4P.Nd/c3*1-3-5-7-9-13-15(11,12)14-10-8-6-4-2;/h3*3-10H2,1-2H3,(H,11,12);/q;;;+3/p-3. The van der Waals surface area contributed by atoms with Gasteiger partial charge in [-0.25, -0.2) is 0 Å². The van der Waals surface area contributed by atoms with Crippen molar-refractivity contribution in [2.75, 3.05) is 39.6 Å². The second kappa shape index (κ2) is 39.5. The first-order valence-corrected chi connectivity index (χ1v) is 21.5. The van der Waals surface area contributed by atoms with E-state index in [-0.39, 0.29) is 80.5 Å². The third-order valence-electron chi connectivity index (χ3n) is 5.98. The van der Waals surface area contributed by atoms with Gasteiger partial charge in [0.2, 0.25) is 0 Å². The van der Waals surface area contributed by atoms with Crippen LogP contribution in [0.2, 0.25) is 0 Å². The summed E-state index contributed by atoms with van der Waals surface area (Å²) in [6.45, 7) is 13.8. The maximum atomic E-state index is 11.1. The van der Waals surface area contributed by atoms with Crippen molar-refractivity contribution in [2.45, 2.75) is 157 Å². The number of phosphoric acid groups is 3.